The van der Waals surface area contributed by atoms with Gasteiger partial charge < -0.3 is 22.6 Å². The molecule has 0 heterocycles. The zero-order valence-corrected chi connectivity index (χ0v) is 11.7. The van der Waals surface area contributed by atoms with Gasteiger partial charge in [-0.25, -0.2) is 0 Å². The van der Waals surface area contributed by atoms with E-state index >= 15 is 0 Å². The van der Waals surface area contributed by atoms with E-state index in [0.717, 1.165) is 0 Å². The maximum Gasteiger partial charge on any atom is 0.206 e. The quantitative estimate of drug-likeness (QED) is 0.442. The van der Waals surface area contributed by atoms with Crippen LogP contribution in [-0.2, 0) is 0 Å². The molecule has 0 bridgehead atoms. The normalized spacial score (nSPS) is 11.3. The zero-order chi connectivity index (χ0) is 13.7. The third kappa shape index (κ3) is 4.10. The minimum absolute atomic E-state index is 0. The highest BCUT2D eigenvalue weighted by molar-refractivity contribution is 5.83. The van der Waals surface area contributed by atoms with E-state index in [4.69, 9.17) is 0 Å². The molecule has 0 aromatic heterocycles. The predicted octanol–water partition coefficient (Wildman–Crippen LogP) is -0.803. The summed E-state index contributed by atoms with van der Waals surface area (Å²) in [6.45, 7) is 0. The molecule has 2 rings (SSSR count). The Morgan fingerprint density at radius 2 is 1.40 bits per heavy atom. The number of phenols is 2. The second-order valence-electron chi connectivity index (χ2n) is 4.06. The van der Waals surface area contributed by atoms with Crippen molar-refractivity contribution in [2.75, 3.05) is 7.05 Å². The maximum atomic E-state index is 9.64. The molecule has 0 atom stereocenters. The summed E-state index contributed by atoms with van der Waals surface area (Å²) in [6.07, 6.45) is 3.26. The van der Waals surface area contributed by atoms with Crippen molar-refractivity contribution in [2.45, 2.75) is 0 Å². The van der Waals surface area contributed by atoms with Crippen molar-refractivity contribution < 1.29 is 27.3 Å². The van der Waals surface area contributed by atoms with E-state index in [2.05, 4.69) is 5.10 Å². The fourth-order valence-corrected chi connectivity index (χ4v) is 1.58. The van der Waals surface area contributed by atoms with E-state index in [1.54, 1.807) is 60.6 Å². The van der Waals surface area contributed by atoms with E-state index in [9.17, 15) is 10.2 Å². The second-order valence-corrected chi connectivity index (χ2v) is 4.06. The van der Waals surface area contributed by atoms with E-state index < -0.39 is 0 Å². The Balaban J connectivity index is 0.00000200. The SMILES string of the molecule is C[N+](=C\c1ccccc1O)/N=C\c1ccccc1O.[Cl-]. The molecule has 4 nitrogen and oxygen atoms in total. The van der Waals surface area contributed by atoms with Gasteiger partial charge in [0.1, 0.15) is 17.7 Å². The highest BCUT2D eigenvalue weighted by atomic mass is 35.5. The van der Waals surface area contributed by atoms with Crippen LogP contribution in [0.25, 0.3) is 0 Å². The van der Waals surface area contributed by atoms with Crippen LogP contribution < -0.4 is 12.4 Å². The standard InChI is InChI=1S/C15H14N2O2.ClH/c1-17(11-13-7-3-5-9-15(13)19)16-10-12-6-2-4-8-14(12)18;/h2-11H,1H3,(H,16,18);1H. The summed E-state index contributed by atoms with van der Waals surface area (Å²) >= 11 is 0. The Morgan fingerprint density at radius 1 is 0.900 bits per heavy atom. The molecule has 0 unspecified atom stereocenters. The lowest BCUT2D eigenvalue weighted by atomic mass is 10.2. The number of nitrogens with zero attached hydrogens (tertiary/aromatic N) is 2. The third-order valence-corrected chi connectivity index (χ3v) is 2.58. The molecule has 0 aliphatic rings. The first-order valence-corrected chi connectivity index (χ1v) is 5.84. The highest BCUT2D eigenvalue weighted by Crippen LogP contribution is 2.13. The lowest BCUT2D eigenvalue weighted by Crippen LogP contribution is -3.00. The predicted molar refractivity (Wildman–Crippen MR) is 75.2 cm³/mol. The molecule has 0 saturated heterocycles. The van der Waals surface area contributed by atoms with Gasteiger partial charge in [0.2, 0.25) is 6.21 Å². The monoisotopic (exact) mass is 290 g/mol. The summed E-state index contributed by atoms with van der Waals surface area (Å²) in [5, 5.41) is 23.4. The van der Waals surface area contributed by atoms with Crippen LogP contribution >= 0.6 is 0 Å². The van der Waals surface area contributed by atoms with Crippen LogP contribution in [0.1, 0.15) is 11.1 Å². The number of hydrazone groups is 1. The van der Waals surface area contributed by atoms with Gasteiger partial charge in [0.25, 0.3) is 0 Å². The first-order chi connectivity index (χ1) is 9.16. The van der Waals surface area contributed by atoms with E-state index in [-0.39, 0.29) is 23.9 Å². The molecule has 2 aromatic rings. The fourth-order valence-electron chi connectivity index (χ4n) is 1.58. The maximum absolute atomic E-state index is 9.64. The first kappa shape index (κ1) is 15.7. The van der Waals surface area contributed by atoms with Crippen molar-refractivity contribution in [1.29, 1.82) is 0 Å². The molecule has 0 fully saturated rings. The van der Waals surface area contributed by atoms with Gasteiger partial charge in [-0.15, -0.1) is 0 Å². The summed E-state index contributed by atoms with van der Waals surface area (Å²) in [7, 11) is 1.75. The molecule has 0 aliphatic carbocycles. The Kier molecular flexibility index (Phi) is 5.74. The topological polar surface area (TPSA) is 55.8 Å². The van der Waals surface area contributed by atoms with Gasteiger partial charge in [-0.2, -0.15) is 0 Å². The zero-order valence-electron chi connectivity index (χ0n) is 10.9. The summed E-state index contributed by atoms with van der Waals surface area (Å²) in [6, 6.07) is 14.0. The number of para-hydroxylation sites is 2. The average Bonchev–Trinajstić information content (AvgIpc) is 2.40. The number of phenolic OH excluding ortho intramolecular Hbond substituents is 2. The van der Waals surface area contributed by atoms with Crippen molar-refractivity contribution in [2.24, 2.45) is 5.10 Å². The van der Waals surface area contributed by atoms with Crippen molar-refractivity contribution in [3.8, 4) is 11.5 Å². The molecule has 2 aromatic carbocycles. The molecule has 5 heteroatoms. The Morgan fingerprint density at radius 3 is 1.95 bits per heavy atom. The van der Waals surface area contributed by atoms with Gasteiger partial charge in [0, 0.05) is 5.56 Å². The van der Waals surface area contributed by atoms with Crippen LogP contribution in [0.2, 0.25) is 0 Å². The number of hydrogen-bond donors (Lipinski definition) is 2. The number of halogens is 1. The van der Waals surface area contributed by atoms with Crippen LogP contribution in [0.15, 0.2) is 53.6 Å². The molecule has 0 amide bonds. The number of hydrogen-bond acceptors (Lipinski definition) is 3. The molecular formula is C15H15ClN2O2. The van der Waals surface area contributed by atoms with Crippen LogP contribution in [0.4, 0.5) is 0 Å². The van der Waals surface area contributed by atoms with Crippen molar-refractivity contribution >= 4 is 12.4 Å². The summed E-state index contributed by atoms with van der Waals surface area (Å²) in [5.74, 6) is 0.384. The van der Waals surface area contributed by atoms with E-state index in [1.165, 1.54) is 0 Å². The lowest BCUT2D eigenvalue weighted by molar-refractivity contribution is -0.496. The van der Waals surface area contributed by atoms with Crippen LogP contribution in [0, 0.1) is 0 Å². The van der Waals surface area contributed by atoms with Gasteiger partial charge in [0.15, 0.2) is 7.05 Å². The molecule has 0 spiro atoms. The highest BCUT2D eigenvalue weighted by Gasteiger charge is 2.02. The largest absolute Gasteiger partial charge is 1.00 e. The molecule has 2 N–H and O–H groups in total. The van der Waals surface area contributed by atoms with Gasteiger partial charge >= 0.3 is 0 Å². The smallest absolute Gasteiger partial charge is 0.206 e. The second kappa shape index (κ2) is 7.31. The summed E-state index contributed by atoms with van der Waals surface area (Å²) in [4.78, 5) is 0. The number of aromatic hydroxyl groups is 2. The van der Waals surface area contributed by atoms with Gasteiger partial charge in [0.05, 0.1) is 5.56 Å². The molecule has 104 valence electrons. The molecule has 20 heavy (non-hydrogen) atoms. The molecule has 0 aliphatic heterocycles. The van der Waals surface area contributed by atoms with E-state index in [1.807, 2.05) is 12.1 Å². The van der Waals surface area contributed by atoms with Crippen molar-refractivity contribution in [3.05, 3.63) is 59.7 Å². The van der Waals surface area contributed by atoms with Crippen LogP contribution in [0.3, 0.4) is 0 Å². The van der Waals surface area contributed by atoms with Gasteiger partial charge in [-0.1, -0.05) is 28.9 Å². The molecular weight excluding hydrogens is 276 g/mol. The van der Waals surface area contributed by atoms with Gasteiger partial charge in [-0.05, 0) is 29.4 Å². The molecule has 0 radical (unpaired) electrons. The molecule has 0 saturated carbocycles. The number of rotatable bonds is 3. The Hall–Kier alpha value is -2.33. The average molecular weight is 291 g/mol. The van der Waals surface area contributed by atoms with Crippen LogP contribution in [0.5, 0.6) is 11.5 Å². The lowest BCUT2D eigenvalue weighted by Gasteiger charge is -1.96. The summed E-state index contributed by atoms with van der Waals surface area (Å²) in [5.41, 5.74) is 1.32. The third-order valence-electron chi connectivity index (χ3n) is 2.58. The Labute approximate surface area is 123 Å². The minimum Gasteiger partial charge on any atom is -1.00 e. The fraction of sp³-hybridized carbons (Fsp3) is 0.0667. The van der Waals surface area contributed by atoms with Gasteiger partial charge in [-0.3, -0.25) is 0 Å². The number of benzene rings is 2. The van der Waals surface area contributed by atoms with Crippen molar-refractivity contribution in [1.82, 2.24) is 0 Å². The van der Waals surface area contributed by atoms with E-state index in [0.29, 0.717) is 11.1 Å². The Bertz CT molecular complexity index is 639. The van der Waals surface area contributed by atoms with Crippen LogP contribution in [-0.4, -0.2) is 34.4 Å². The summed E-state index contributed by atoms with van der Waals surface area (Å²) < 4.78 is 1.57. The van der Waals surface area contributed by atoms with Crippen molar-refractivity contribution in [3.63, 3.8) is 0 Å². The first-order valence-electron chi connectivity index (χ1n) is 5.84. The minimum atomic E-state index is 0.